The zero-order valence-electron chi connectivity index (χ0n) is 23.1. The van der Waals surface area contributed by atoms with Crippen molar-refractivity contribution in [2.24, 2.45) is 5.73 Å². The number of primary amides is 1. The molecule has 5 N–H and O–H groups in total. The van der Waals surface area contributed by atoms with E-state index in [9.17, 15) is 18.8 Å². The maximum absolute atomic E-state index is 13.4. The largest absolute Gasteiger partial charge is 0.380 e. The lowest BCUT2D eigenvalue weighted by atomic mass is 9.87. The van der Waals surface area contributed by atoms with Gasteiger partial charge < -0.3 is 26.6 Å². The van der Waals surface area contributed by atoms with Gasteiger partial charge >= 0.3 is 6.03 Å². The zero-order chi connectivity index (χ0) is 28.9. The number of nitrogens with one attached hydrogen (secondary N) is 3. The minimum absolute atomic E-state index is 0.0170. The topological polar surface area (TPSA) is 117 Å². The van der Waals surface area contributed by atoms with Gasteiger partial charge in [-0.1, -0.05) is 45.0 Å². The average Bonchev–Trinajstić information content (AvgIpc) is 2.91. The minimum Gasteiger partial charge on any atom is -0.380 e. The van der Waals surface area contributed by atoms with Crippen LogP contribution in [0.5, 0.6) is 0 Å². The van der Waals surface area contributed by atoms with Gasteiger partial charge in [-0.2, -0.15) is 0 Å². The third-order valence-corrected chi connectivity index (χ3v) is 6.96. The highest BCUT2D eigenvalue weighted by Crippen LogP contribution is 2.26. The number of nitrogens with zero attached hydrogens (tertiary/aromatic N) is 1. The smallest absolute Gasteiger partial charge is 0.317 e. The van der Waals surface area contributed by atoms with Crippen LogP contribution in [0.4, 0.5) is 20.6 Å². The van der Waals surface area contributed by atoms with Crippen molar-refractivity contribution < 1.29 is 18.8 Å². The van der Waals surface area contributed by atoms with Crippen LogP contribution in [-0.4, -0.2) is 41.9 Å². The monoisotopic (exact) mass is 545 g/mol. The fourth-order valence-electron chi connectivity index (χ4n) is 4.72. The summed E-state index contributed by atoms with van der Waals surface area (Å²) in [5, 5.41) is 9.08. The molecule has 1 saturated heterocycles. The van der Waals surface area contributed by atoms with E-state index in [0.29, 0.717) is 41.2 Å². The number of carbonyl (C=O) groups excluding carboxylic acids is 3. The van der Waals surface area contributed by atoms with Gasteiger partial charge in [-0.05, 0) is 71.8 Å². The van der Waals surface area contributed by atoms with Crippen LogP contribution in [0.15, 0.2) is 66.7 Å². The van der Waals surface area contributed by atoms with Crippen molar-refractivity contribution in [3.8, 4) is 0 Å². The Morgan fingerprint density at radius 1 is 1.02 bits per heavy atom. The third-order valence-electron chi connectivity index (χ3n) is 6.96. The molecule has 0 aromatic heterocycles. The van der Waals surface area contributed by atoms with Crippen molar-refractivity contribution >= 4 is 29.2 Å². The Bertz CT molecular complexity index is 1380. The van der Waals surface area contributed by atoms with Gasteiger partial charge in [-0.15, -0.1) is 0 Å². The normalized spacial score (nSPS) is 15.3. The van der Waals surface area contributed by atoms with Crippen LogP contribution in [0.1, 0.15) is 65.5 Å². The number of amides is 4. The average molecular weight is 546 g/mol. The SMILES string of the molecule is CC(C)(C)c1ccc(C(=O)Nc2ccc(C(N)=O)c(NC3CCCN(C(=O)NCc4cccc(F)c4)C3)c2)cc1. The van der Waals surface area contributed by atoms with Gasteiger partial charge in [0.2, 0.25) is 0 Å². The Morgan fingerprint density at radius 2 is 1.77 bits per heavy atom. The quantitative estimate of drug-likeness (QED) is 0.324. The van der Waals surface area contributed by atoms with Crippen molar-refractivity contribution in [1.29, 1.82) is 0 Å². The molecule has 4 amide bonds. The maximum Gasteiger partial charge on any atom is 0.317 e. The summed E-state index contributed by atoms with van der Waals surface area (Å²) in [6.45, 7) is 7.55. The van der Waals surface area contributed by atoms with Crippen LogP contribution in [0.25, 0.3) is 0 Å². The van der Waals surface area contributed by atoms with Crippen molar-refractivity contribution in [3.63, 3.8) is 0 Å². The number of benzene rings is 3. The van der Waals surface area contributed by atoms with Gasteiger partial charge in [0.15, 0.2) is 0 Å². The predicted octanol–water partition coefficient (Wildman–Crippen LogP) is 5.26. The van der Waals surface area contributed by atoms with Crippen LogP contribution >= 0.6 is 0 Å². The Kier molecular flexibility index (Phi) is 8.72. The molecule has 210 valence electrons. The highest BCUT2D eigenvalue weighted by atomic mass is 19.1. The molecule has 0 bridgehead atoms. The van der Waals surface area contributed by atoms with Crippen molar-refractivity contribution in [2.75, 3.05) is 23.7 Å². The third kappa shape index (κ3) is 7.37. The molecule has 0 spiro atoms. The van der Waals surface area contributed by atoms with E-state index < -0.39 is 5.91 Å². The van der Waals surface area contributed by atoms with Gasteiger partial charge in [0.05, 0.1) is 5.56 Å². The Labute approximate surface area is 234 Å². The number of halogens is 1. The standard InChI is InChI=1S/C31H36FN5O3/c1-31(2,3)22-11-9-21(10-12-22)29(39)36-24-13-14-26(28(33)38)27(17-24)35-25-8-5-15-37(19-25)30(40)34-18-20-6-4-7-23(32)16-20/h4,6-7,9-14,16-17,25,35H,5,8,15,18-19H2,1-3H3,(H2,33,38)(H,34,40)(H,36,39). The van der Waals surface area contributed by atoms with E-state index in [1.165, 1.54) is 12.1 Å². The highest BCUT2D eigenvalue weighted by molar-refractivity contribution is 6.05. The number of nitrogens with two attached hydrogens (primary N) is 1. The van der Waals surface area contributed by atoms with E-state index in [2.05, 4.69) is 36.7 Å². The Morgan fingerprint density at radius 3 is 2.45 bits per heavy atom. The first-order valence-electron chi connectivity index (χ1n) is 13.4. The second-order valence-corrected chi connectivity index (χ2v) is 11.1. The molecule has 0 radical (unpaired) electrons. The van der Waals surface area contributed by atoms with E-state index >= 15 is 0 Å². The molecule has 1 fully saturated rings. The molecule has 0 aliphatic carbocycles. The molecule has 9 heteroatoms. The van der Waals surface area contributed by atoms with E-state index in [1.807, 2.05) is 12.1 Å². The lowest BCUT2D eigenvalue weighted by Gasteiger charge is -2.34. The molecule has 40 heavy (non-hydrogen) atoms. The van der Waals surface area contributed by atoms with E-state index in [4.69, 9.17) is 5.73 Å². The molecular formula is C31H36FN5O3. The van der Waals surface area contributed by atoms with E-state index in [0.717, 1.165) is 18.4 Å². The van der Waals surface area contributed by atoms with Crippen molar-refractivity contribution in [3.05, 3.63) is 94.8 Å². The molecular weight excluding hydrogens is 509 g/mol. The van der Waals surface area contributed by atoms with Gasteiger partial charge in [-0.25, -0.2) is 9.18 Å². The Balaban J connectivity index is 1.41. The van der Waals surface area contributed by atoms with Crippen LogP contribution in [0.3, 0.4) is 0 Å². The van der Waals surface area contributed by atoms with Gasteiger partial charge in [0.25, 0.3) is 11.8 Å². The summed E-state index contributed by atoms with van der Waals surface area (Å²) >= 11 is 0. The first kappa shape index (κ1) is 28.6. The van der Waals surface area contributed by atoms with Crippen LogP contribution in [0.2, 0.25) is 0 Å². The fourth-order valence-corrected chi connectivity index (χ4v) is 4.72. The summed E-state index contributed by atoms with van der Waals surface area (Å²) in [6, 6.07) is 18.1. The molecule has 1 unspecified atom stereocenters. The van der Waals surface area contributed by atoms with Gasteiger partial charge in [-0.3, -0.25) is 9.59 Å². The molecule has 1 aliphatic rings. The molecule has 0 saturated carbocycles. The zero-order valence-corrected chi connectivity index (χ0v) is 23.1. The first-order valence-corrected chi connectivity index (χ1v) is 13.4. The highest BCUT2D eigenvalue weighted by Gasteiger charge is 2.25. The molecule has 8 nitrogen and oxygen atoms in total. The lowest BCUT2D eigenvalue weighted by molar-refractivity contribution is 0.0998. The number of anilines is 2. The summed E-state index contributed by atoms with van der Waals surface area (Å²) in [4.78, 5) is 39.5. The summed E-state index contributed by atoms with van der Waals surface area (Å²) in [5.74, 6) is -1.22. The summed E-state index contributed by atoms with van der Waals surface area (Å²) < 4.78 is 13.4. The van der Waals surface area contributed by atoms with Crippen LogP contribution < -0.4 is 21.7 Å². The number of hydrogen-bond acceptors (Lipinski definition) is 4. The lowest BCUT2D eigenvalue weighted by Crippen LogP contribution is -2.49. The summed E-state index contributed by atoms with van der Waals surface area (Å²) in [7, 11) is 0. The molecule has 1 aliphatic heterocycles. The number of hydrogen-bond donors (Lipinski definition) is 4. The minimum atomic E-state index is -0.598. The number of urea groups is 1. The molecule has 1 atom stereocenters. The molecule has 4 rings (SSSR count). The molecule has 3 aromatic carbocycles. The number of rotatable bonds is 7. The summed E-state index contributed by atoms with van der Waals surface area (Å²) in [5.41, 5.74) is 9.23. The first-order chi connectivity index (χ1) is 19.0. The summed E-state index contributed by atoms with van der Waals surface area (Å²) in [6.07, 6.45) is 1.54. The second kappa shape index (κ2) is 12.2. The second-order valence-electron chi connectivity index (χ2n) is 11.1. The predicted molar refractivity (Wildman–Crippen MR) is 155 cm³/mol. The molecule has 3 aromatic rings. The fraction of sp³-hybridized carbons (Fsp3) is 0.323. The number of carbonyl (C=O) groups is 3. The van der Waals surface area contributed by atoms with Crippen molar-refractivity contribution in [2.45, 2.75) is 51.6 Å². The van der Waals surface area contributed by atoms with E-state index in [1.54, 1.807) is 47.4 Å². The number of piperidine rings is 1. The number of likely N-dealkylation sites (tertiary alicyclic amines) is 1. The van der Waals surface area contributed by atoms with Crippen molar-refractivity contribution in [1.82, 2.24) is 10.2 Å². The molecule has 1 heterocycles. The van der Waals surface area contributed by atoms with Crippen LogP contribution in [0, 0.1) is 5.82 Å². The van der Waals surface area contributed by atoms with Gasteiger partial charge in [0.1, 0.15) is 5.82 Å². The maximum atomic E-state index is 13.4. The Hall–Kier alpha value is -4.40. The van der Waals surface area contributed by atoms with Crippen LogP contribution in [-0.2, 0) is 12.0 Å². The van der Waals surface area contributed by atoms with E-state index in [-0.39, 0.29) is 35.8 Å². The van der Waals surface area contributed by atoms with Gasteiger partial charge in [0, 0.05) is 42.6 Å².